The van der Waals surface area contributed by atoms with Crippen LogP contribution >= 0.6 is 0 Å². The van der Waals surface area contributed by atoms with Crippen molar-refractivity contribution in [2.45, 2.75) is 6.92 Å². The van der Waals surface area contributed by atoms with Crippen LogP contribution in [0, 0.1) is 6.92 Å². The predicted molar refractivity (Wildman–Crippen MR) is 30.1 cm³/mol. The average Bonchev–Trinajstić information content (AvgIpc) is 1.77. The lowest BCUT2D eigenvalue weighted by atomic mass is 10.4. The van der Waals surface area contributed by atoms with Gasteiger partial charge in [0.15, 0.2) is 7.05 Å². The van der Waals surface area contributed by atoms with Gasteiger partial charge in [0.2, 0.25) is 5.69 Å². The molecule has 0 aromatic carbocycles. The van der Waals surface area contributed by atoms with Crippen molar-refractivity contribution in [2.75, 3.05) is 0 Å². The second kappa shape index (κ2) is 1.90. The smallest absolute Gasteiger partial charge is 0.0915 e. The van der Waals surface area contributed by atoms with Gasteiger partial charge in [-0.3, -0.25) is 0 Å². The predicted octanol–water partition coefficient (Wildman–Crippen LogP) is 0.215. The van der Waals surface area contributed by atoms with Gasteiger partial charge in [-0.1, -0.05) is 4.68 Å². The first-order valence-corrected chi connectivity index (χ1v) is 2.58. The second-order valence-corrected chi connectivity index (χ2v) is 1.79. The van der Waals surface area contributed by atoms with E-state index in [0.717, 1.165) is 0 Å². The van der Waals surface area contributed by atoms with Crippen molar-refractivity contribution in [1.82, 2.24) is 5.10 Å². The highest BCUT2D eigenvalue weighted by Crippen LogP contribution is 1.80. The SMILES string of the molecule is Cc1cccn[n+]1C. The Kier molecular flexibility index (Phi) is 1.24. The molecular formula is C6H9N2+. The maximum absolute atomic E-state index is 4.00. The van der Waals surface area contributed by atoms with E-state index in [1.165, 1.54) is 5.69 Å². The lowest BCUT2D eigenvalue weighted by Crippen LogP contribution is -2.35. The zero-order chi connectivity index (χ0) is 5.98. The zero-order valence-corrected chi connectivity index (χ0v) is 5.13. The Labute approximate surface area is 48.8 Å². The molecule has 0 saturated carbocycles. The number of nitrogens with zero attached hydrogens (tertiary/aromatic N) is 2. The van der Waals surface area contributed by atoms with Crippen LogP contribution in [-0.4, -0.2) is 5.10 Å². The van der Waals surface area contributed by atoms with Gasteiger partial charge in [-0.15, -0.1) is 0 Å². The monoisotopic (exact) mass is 109 g/mol. The fourth-order valence-electron chi connectivity index (χ4n) is 0.520. The number of aryl methyl sites for hydroxylation is 2. The first-order valence-electron chi connectivity index (χ1n) is 2.58. The molecule has 0 radical (unpaired) electrons. The van der Waals surface area contributed by atoms with Crippen LogP contribution in [0.1, 0.15) is 5.69 Å². The van der Waals surface area contributed by atoms with Gasteiger partial charge in [0.25, 0.3) is 0 Å². The lowest BCUT2D eigenvalue weighted by Gasteiger charge is -1.84. The Hall–Kier alpha value is -0.920. The van der Waals surface area contributed by atoms with Crippen LogP contribution < -0.4 is 4.68 Å². The molecule has 0 aliphatic rings. The van der Waals surface area contributed by atoms with E-state index in [4.69, 9.17) is 0 Å². The molecule has 0 spiro atoms. The van der Waals surface area contributed by atoms with Crippen LogP contribution in [0.25, 0.3) is 0 Å². The van der Waals surface area contributed by atoms with Crippen LogP contribution in [0.4, 0.5) is 0 Å². The standard InChI is InChI=1S/C6H9N2/c1-6-4-3-5-7-8(6)2/h3-5H,1-2H3/q+1. The maximum Gasteiger partial charge on any atom is 0.205 e. The molecule has 1 aromatic rings. The average molecular weight is 109 g/mol. The summed E-state index contributed by atoms with van der Waals surface area (Å²) in [6.45, 7) is 2.02. The minimum absolute atomic E-state index is 1.17. The van der Waals surface area contributed by atoms with Gasteiger partial charge in [-0.05, 0) is 11.2 Å². The topological polar surface area (TPSA) is 16.8 Å². The molecule has 2 heteroatoms. The summed E-state index contributed by atoms with van der Waals surface area (Å²) in [6, 6.07) is 3.95. The molecule has 0 amide bonds. The Morgan fingerprint density at radius 2 is 2.38 bits per heavy atom. The highest BCUT2D eigenvalue weighted by atomic mass is 15.2. The van der Waals surface area contributed by atoms with Gasteiger partial charge in [-0.25, -0.2) is 0 Å². The molecule has 0 fully saturated rings. The van der Waals surface area contributed by atoms with Gasteiger partial charge in [0.1, 0.15) is 0 Å². The van der Waals surface area contributed by atoms with E-state index in [9.17, 15) is 0 Å². The molecule has 8 heavy (non-hydrogen) atoms. The van der Waals surface area contributed by atoms with Gasteiger partial charge in [0.05, 0.1) is 6.20 Å². The molecule has 0 aliphatic carbocycles. The highest BCUT2D eigenvalue weighted by Gasteiger charge is 1.94. The van der Waals surface area contributed by atoms with Crippen molar-refractivity contribution in [3.8, 4) is 0 Å². The Bertz CT molecular complexity index is 163. The fraction of sp³-hybridized carbons (Fsp3) is 0.333. The quantitative estimate of drug-likeness (QED) is 0.435. The van der Waals surface area contributed by atoms with E-state index in [1.54, 1.807) is 6.20 Å². The highest BCUT2D eigenvalue weighted by molar-refractivity contribution is 4.89. The number of aromatic nitrogens is 2. The van der Waals surface area contributed by atoms with Crippen molar-refractivity contribution < 1.29 is 4.68 Å². The normalized spacial score (nSPS) is 9.25. The zero-order valence-electron chi connectivity index (χ0n) is 5.13. The van der Waals surface area contributed by atoms with Gasteiger partial charge >= 0.3 is 0 Å². The summed E-state index contributed by atoms with van der Waals surface area (Å²) in [5.74, 6) is 0. The Morgan fingerprint density at radius 3 is 2.75 bits per heavy atom. The van der Waals surface area contributed by atoms with Crippen LogP contribution in [0.5, 0.6) is 0 Å². The third-order valence-electron chi connectivity index (χ3n) is 1.17. The van der Waals surface area contributed by atoms with Crippen molar-refractivity contribution in [3.63, 3.8) is 0 Å². The first kappa shape index (κ1) is 5.22. The molecule has 0 bridgehead atoms. The summed E-state index contributed by atoms with van der Waals surface area (Å²) in [7, 11) is 1.93. The molecule has 1 heterocycles. The van der Waals surface area contributed by atoms with Gasteiger partial charge < -0.3 is 0 Å². The lowest BCUT2D eigenvalue weighted by molar-refractivity contribution is -0.736. The molecule has 0 aliphatic heterocycles. The molecule has 0 unspecified atom stereocenters. The molecule has 2 nitrogen and oxygen atoms in total. The summed E-state index contributed by atoms with van der Waals surface area (Å²) in [4.78, 5) is 0. The van der Waals surface area contributed by atoms with Crippen molar-refractivity contribution in [1.29, 1.82) is 0 Å². The third-order valence-corrected chi connectivity index (χ3v) is 1.17. The summed E-state index contributed by atoms with van der Waals surface area (Å²) in [5, 5.41) is 4.00. The molecule has 1 aromatic heterocycles. The second-order valence-electron chi connectivity index (χ2n) is 1.79. The fourth-order valence-corrected chi connectivity index (χ4v) is 0.520. The number of rotatable bonds is 0. The van der Waals surface area contributed by atoms with Gasteiger partial charge in [-0.2, -0.15) is 0 Å². The number of hydrogen-bond donors (Lipinski definition) is 0. The van der Waals surface area contributed by atoms with E-state index < -0.39 is 0 Å². The summed E-state index contributed by atoms with van der Waals surface area (Å²) in [5.41, 5.74) is 1.17. The minimum Gasteiger partial charge on any atom is -0.0915 e. The van der Waals surface area contributed by atoms with Crippen molar-refractivity contribution in [3.05, 3.63) is 24.0 Å². The van der Waals surface area contributed by atoms with Crippen LogP contribution in [0.3, 0.4) is 0 Å². The Balaban J connectivity index is 3.13. The Morgan fingerprint density at radius 1 is 1.62 bits per heavy atom. The third kappa shape index (κ3) is 0.832. The van der Waals surface area contributed by atoms with E-state index in [-0.39, 0.29) is 0 Å². The van der Waals surface area contributed by atoms with Crippen LogP contribution in [0.2, 0.25) is 0 Å². The summed E-state index contributed by atoms with van der Waals surface area (Å²) >= 11 is 0. The molecule has 0 N–H and O–H groups in total. The largest absolute Gasteiger partial charge is 0.205 e. The molecule has 0 saturated heterocycles. The van der Waals surface area contributed by atoms with Crippen LogP contribution in [0.15, 0.2) is 18.3 Å². The summed E-state index contributed by atoms with van der Waals surface area (Å²) < 4.78 is 1.83. The van der Waals surface area contributed by atoms with Gasteiger partial charge in [0, 0.05) is 13.0 Å². The van der Waals surface area contributed by atoms with E-state index >= 15 is 0 Å². The van der Waals surface area contributed by atoms with E-state index in [2.05, 4.69) is 5.10 Å². The summed E-state index contributed by atoms with van der Waals surface area (Å²) in [6.07, 6.45) is 1.77. The van der Waals surface area contributed by atoms with Crippen molar-refractivity contribution in [2.24, 2.45) is 7.05 Å². The molecule has 1 rings (SSSR count). The maximum atomic E-state index is 4.00. The van der Waals surface area contributed by atoms with E-state index in [1.807, 2.05) is 30.8 Å². The van der Waals surface area contributed by atoms with Crippen molar-refractivity contribution >= 4 is 0 Å². The molecule has 42 valence electrons. The molecular weight excluding hydrogens is 100 g/mol. The number of hydrogen-bond acceptors (Lipinski definition) is 1. The van der Waals surface area contributed by atoms with Crippen LogP contribution in [-0.2, 0) is 7.05 Å². The molecule has 0 atom stereocenters. The van der Waals surface area contributed by atoms with E-state index in [0.29, 0.717) is 0 Å². The first-order chi connectivity index (χ1) is 3.80. The minimum atomic E-state index is 1.17.